The van der Waals surface area contributed by atoms with Crippen molar-refractivity contribution < 1.29 is 19.1 Å². The number of nitrogens with zero attached hydrogens (tertiary/aromatic N) is 1. The molecule has 3 amide bonds. The zero-order chi connectivity index (χ0) is 25.2. The Bertz CT molecular complexity index is 788. The fourth-order valence-electron chi connectivity index (χ4n) is 3.53. The van der Waals surface area contributed by atoms with Gasteiger partial charge in [0.15, 0.2) is 0 Å². The van der Waals surface area contributed by atoms with Gasteiger partial charge in [-0.2, -0.15) is 0 Å². The molecule has 0 saturated heterocycles. The summed E-state index contributed by atoms with van der Waals surface area (Å²) in [4.78, 5) is 40.9. The number of hydrogen-bond acceptors (Lipinski definition) is 4. The summed E-state index contributed by atoms with van der Waals surface area (Å²) in [5, 5.41) is 5.64. The molecule has 0 spiro atoms. The van der Waals surface area contributed by atoms with Crippen LogP contribution in [0, 0.1) is 6.92 Å². The van der Waals surface area contributed by atoms with Crippen LogP contribution in [0.25, 0.3) is 0 Å². The molecular formula is C26H43N3O4. The minimum Gasteiger partial charge on any atom is -0.444 e. The van der Waals surface area contributed by atoms with Crippen LogP contribution in [-0.4, -0.2) is 47.0 Å². The first-order valence-corrected chi connectivity index (χ1v) is 12.1. The Morgan fingerprint density at radius 1 is 1.09 bits per heavy atom. The van der Waals surface area contributed by atoms with Crippen molar-refractivity contribution in [3.8, 4) is 0 Å². The molecule has 3 atom stereocenters. The van der Waals surface area contributed by atoms with Crippen LogP contribution in [-0.2, 0) is 14.3 Å². The molecule has 33 heavy (non-hydrogen) atoms. The van der Waals surface area contributed by atoms with Crippen LogP contribution in [0.4, 0.5) is 4.79 Å². The highest BCUT2D eigenvalue weighted by atomic mass is 16.6. The SMILES string of the molecule is CCCCCNC(=O)C(c1cccc(C)c1)N(C(=O)C(C)NC(=O)OC(C)(C)C)C(C)CC. The van der Waals surface area contributed by atoms with E-state index in [1.54, 1.807) is 32.6 Å². The lowest BCUT2D eigenvalue weighted by Gasteiger charge is -2.37. The van der Waals surface area contributed by atoms with Crippen molar-refractivity contribution in [3.05, 3.63) is 35.4 Å². The minimum atomic E-state index is -0.853. The van der Waals surface area contributed by atoms with E-state index >= 15 is 0 Å². The molecule has 0 aliphatic carbocycles. The maximum absolute atomic E-state index is 13.6. The number of alkyl carbamates (subject to hydrolysis) is 1. The highest BCUT2D eigenvalue weighted by molar-refractivity contribution is 5.92. The lowest BCUT2D eigenvalue weighted by molar-refractivity contribution is -0.144. The largest absolute Gasteiger partial charge is 0.444 e. The van der Waals surface area contributed by atoms with Crippen molar-refractivity contribution in [2.24, 2.45) is 0 Å². The first kappa shape index (κ1) is 28.5. The van der Waals surface area contributed by atoms with Gasteiger partial charge in [-0.1, -0.05) is 56.5 Å². The molecule has 0 aliphatic heterocycles. The predicted molar refractivity (Wildman–Crippen MR) is 132 cm³/mol. The molecule has 2 N–H and O–H groups in total. The molecule has 0 saturated carbocycles. The van der Waals surface area contributed by atoms with Gasteiger partial charge in [0.25, 0.3) is 0 Å². The van der Waals surface area contributed by atoms with Gasteiger partial charge >= 0.3 is 6.09 Å². The van der Waals surface area contributed by atoms with Gasteiger partial charge in [0.2, 0.25) is 11.8 Å². The minimum absolute atomic E-state index is 0.213. The van der Waals surface area contributed by atoms with Crippen LogP contribution in [0.15, 0.2) is 24.3 Å². The summed E-state index contributed by atoms with van der Waals surface area (Å²) in [6, 6.07) is 5.80. The molecule has 0 aliphatic rings. The van der Waals surface area contributed by atoms with Crippen molar-refractivity contribution in [1.29, 1.82) is 0 Å². The first-order valence-electron chi connectivity index (χ1n) is 12.1. The predicted octanol–water partition coefficient (Wildman–Crippen LogP) is 4.88. The second-order valence-electron chi connectivity index (χ2n) is 9.69. The number of ether oxygens (including phenoxy) is 1. The third kappa shape index (κ3) is 9.44. The summed E-state index contributed by atoms with van der Waals surface area (Å²) >= 11 is 0. The fraction of sp³-hybridized carbons (Fsp3) is 0.654. The molecule has 186 valence electrons. The van der Waals surface area contributed by atoms with E-state index in [0.29, 0.717) is 13.0 Å². The Kier molecular flexibility index (Phi) is 11.4. The molecule has 1 rings (SSSR count). The van der Waals surface area contributed by atoms with E-state index in [1.165, 1.54) is 0 Å². The van der Waals surface area contributed by atoms with Gasteiger partial charge in [0, 0.05) is 12.6 Å². The number of carbonyl (C=O) groups excluding carboxylic acids is 3. The monoisotopic (exact) mass is 461 g/mol. The highest BCUT2D eigenvalue weighted by Crippen LogP contribution is 2.27. The topological polar surface area (TPSA) is 87.7 Å². The Balaban J connectivity index is 3.26. The van der Waals surface area contributed by atoms with Crippen LogP contribution in [0.1, 0.15) is 91.3 Å². The quantitative estimate of drug-likeness (QED) is 0.460. The molecule has 1 aromatic rings. The van der Waals surface area contributed by atoms with Crippen LogP contribution < -0.4 is 10.6 Å². The van der Waals surface area contributed by atoms with Crippen molar-refractivity contribution in [1.82, 2.24) is 15.5 Å². The van der Waals surface area contributed by atoms with Crippen LogP contribution >= 0.6 is 0 Å². The third-order valence-electron chi connectivity index (χ3n) is 5.39. The van der Waals surface area contributed by atoms with Gasteiger partial charge in [-0.05, 0) is 59.9 Å². The van der Waals surface area contributed by atoms with Gasteiger partial charge in [0.1, 0.15) is 17.7 Å². The molecule has 0 bridgehead atoms. The number of hydrogen-bond donors (Lipinski definition) is 2. The molecule has 0 aromatic heterocycles. The van der Waals surface area contributed by atoms with E-state index in [9.17, 15) is 14.4 Å². The molecular weight excluding hydrogens is 418 g/mol. The van der Waals surface area contributed by atoms with E-state index < -0.39 is 23.8 Å². The number of amides is 3. The smallest absolute Gasteiger partial charge is 0.408 e. The van der Waals surface area contributed by atoms with E-state index in [-0.39, 0.29) is 17.9 Å². The first-order chi connectivity index (χ1) is 15.4. The summed E-state index contributed by atoms with van der Waals surface area (Å²) < 4.78 is 5.31. The van der Waals surface area contributed by atoms with Gasteiger partial charge in [-0.3, -0.25) is 9.59 Å². The zero-order valence-electron chi connectivity index (χ0n) is 21.7. The summed E-state index contributed by atoms with van der Waals surface area (Å²) in [6.45, 7) is 15.4. The Morgan fingerprint density at radius 2 is 1.76 bits per heavy atom. The Labute approximate surface area is 199 Å². The summed E-state index contributed by atoms with van der Waals surface area (Å²) in [7, 11) is 0. The number of unbranched alkanes of at least 4 members (excludes halogenated alkanes) is 2. The van der Waals surface area contributed by atoms with Crippen LogP contribution in [0.3, 0.4) is 0 Å². The molecule has 7 heteroatoms. The summed E-state index contributed by atoms with van der Waals surface area (Å²) in [5.74, 6) is -0.541. The Hall–Kier alpha value is -2.57. The van der Waals surface area contributed by atoms with E-state index in [4.69, 9.17) is 4.74 Å². The third-order valence-corrected chi connectivity index (χ3v) is 5.39. The highest BCUT2D eigenvalue weighted by Gasteiger charge is 2.37. The van der Waals surface area contributed by atoms with Gasteiger partial charge in [-0.15, -0.1) is 0 Å². The van der Waals surface area contributed by atoms with Crippen LogP contribution in [0.2, 0.25) is 0 Å². The van der Waals surface area contributed by atoms with E-state index in [1.807, 2.05) is 45.0 Å². The zero-order valence-corrected chi connectivity index (χ0v) is 21.7. The number of rotatable bonds is 11. The summed E-state index contributed by atoms with van der Waals surface area (Å²) in [5.41, 5.74) is 1.08. The van der Waals surface area contributed by atoms with E-state index in [2.05, 4.69) is 17.6 Å². The van der Waals surface area contributed by atoms with Gasteiger partial charge < -0.3 is 20.3 Å². The fourth-order valence-corrected chi connectivity index (χ4v) is 3.53. The lowest BCUT2D eigenvalue weighted by Crippen LogP contribution is -2.54. The Morgan fingerprint density at radius 3 is 2.30 bits per heavy atom. The molecule has 0 radical (unpaired) electrons. The standard InChI is InChI=1S/C26H43N3O4/c1-9-11-12-16-27-23(30)22(21-15-13-14-18(3)17-21)29(19(4)10-2)24(31)20(5)28-25(32)33-26(6,7)8/h13-15,17,19-20,22H,9-12,16H2,1-8H3,(H,27,30)(H,28,32). The number of nitrogens with one attached hydrogen (secondary N) is 2. The molecule has 0 heterocycles. The maximum atomic E-state index is 13.6. The molecule has 3 unspecified atom stereocenters. The maximum Gasteiger partial charge on any atom is 0.408 e. The molecule has 7 nitrogen and oxygen atoms in total. The normalized spacial score (nSPS) is 14.1. The van der Waals surface area contributed by atoms with Crippen molar-refractivity contribution in [3.63, 3.8) is 0 Å². The summed E-state index contributed by atoms with van der Waals surface area (Å²) in [6.07, 6.45) is 2.97. The van der Waals surface area contributed by atoms with Gasteiger partial charge in [0.05, 0.1) is 0 Å². The second-order valence-corrected chi connectivity index (χ2v) is 9.69. The average molecular weight is 462 g/mol. The van der Waals surface area contributed by atoms with Crippen molar-refractivity contribution in [2.75, 3.05) is 6.54 Å². The van der Waals surface area contributed by atoms with Crippen molar-refractivity contribution in [2.45, 2.75) is 105 Å². The lowest BCUT2D eigenvalue weighted by atomic mass is 9.98. The average Bonchev–Trinajstić information content (AvgIpc) is 2.72. The molecule has 1 aromatic carbocycles. The van der Waals surface area contributed by atoms with Crippen LogP contribution in [0.5, 0.6) is 0 Å². The number of benzene rings is 1. The van der Waals surface area contributed by atoms with E-state index in [0.717, 1.165) is 30.4 Å². The molecule has 0 fully saturated rings. The van der Waals surface area contributed by atoms with Crippen molar-refractivity contribution >= 4 is 17.9 Å². The number of carbonyl (C=O) groups is 3. The second kappa shape index (κ2) is 13.2. The number of aryl methyl sites for hydroxylation is 1. The van der Waals surface area contributed by atoms with Gasteiger partial charge in [-0.25, -0.2) is 4.79 Å².